The van der Waals surface area contributed by atoms with Crippen LogP contribution in [0.4, 0.5) is 5.69 Å². The Morgan fingerprint density at radius 3 is 2.82 bits per heavy atom. The maximum atomic E-state index is 11.9. The van der Waals surface area contributed by atoms with Gasteiger partial charge in [0.05, 0.1) is 10.6 Å². The average molecular weight is 416 g/mol. The van der Waals surface area contributed by atoms with Gasteiger partial charge >= 0.3 is 0 Å². The molecule has 0 unspecified atom stereocenters. The van der Waals surface area contributed by atoms with E-state index in [1.165, 1.54) is 0 Å². The zero-order chi connectivity index (χ0) is 20.1. The van der Waals surface area contributed by atoms with Gasteiger partial charge in [0.15, 0.2) is 10.7 Å². The fourth-order valence-corrected chi connectivity index (χ4v) is 3.23. The number of aryl methyl sites for hydroxylation is 1. The van der Waals surface area contributed by atoms with Crippen LogP contribution >= 0.6 is 23.8 Å². The van der Waals surface area contributed by atoms with Crippen molar-refractivity contribution in [1.82, 2.24) is 10.3 Å². The van der Waals surface area contributed by atoms with E-state index >= 15 is 0 Å². The number of oxazole rings is 1. The highest BCUT2D eigenvalue weighted by molar-refractivity contribution is 7.80. The summed E-state index contributed by atoms with van der Waals surface area (Å²) in [5.41, 5.74) is 3.91. The molecule has 7 heteroatoms. The molecule has 0 saturated carbocycles. The highest BCUT2D eigenvalue weighted by atomic mass is 35.5. The Labute approximate surface area is 174 Å². The summed E-state index contributed by atoms with van der Waals surface area (Å²) in [7, 11) is 0. The Kier molecular flexibility index (Phi) is 6.65. The van der Waals surface area contributed by atoms with Crippen LogP contribution in [0.1, 0.15) is 38.2 Å². The molecule has 2 N–H and O–H groups in total. The zero-order valence-electron chi connectivity index (χ0n) is 15.8. The van der Waals surface area contributed by atoms with Gasteiger partial charge in [-0.15, -0.1) is 0 Å². The van der Waals surface area contributed by atoms with Gasteiger partial charge in [-0.2, -0.15) is 0 Å². The number of carbonyl (C=O) groups is 1. The second kappa shape index (κ2) is 9.17. The number of nitrogens with one attached hydrogen (secondary N) is 2. The number of aromatic nitrogens is 1. The number of carbonyl (C=O) groups excluding carboxylic acids is 1. The van der Waals surface area contributed by atoms with Crippen molar-refractivity contribution in [2.24, 2.45) is 0 Å². The van der Waals surface area contributed by atoms with Crippen LogP contribution in [0.2, 0.25) is 5.02 Å². The minimum atomic E-state index is -0.0885. The predicted molar refractivity (Wildman–Crippen MR) is 118 cm³/mol. The van der Waals surface area contributed by atoms with Gasteiger partial charge < -0.3 is 15.1 Å². The molecule has 3 aromatic rings. The number of amides is 1. The average Bonchev–Trinajstić information content (AvgIpc) is 3.06. The van der Waals surface area contributed by atoms with Crippen LogP contribution in [0.3, 0.4) is 0 Å². The topological polar surface area (TPSA) is 67.2 Å². The molecule has 0 bridgehead atoms. The summed E-state index contributed by atoms with van der Waals surface area (Å²) in [4.78, 5) is 16.4. The summed E-state index contributed by atoms with van der Waals surface area (Å²) in [6.07, 6.45) is 3.41. The Morgan fingerprint density at radius 1 is 1.21 bits per heavy atom. The molecule has 0 aliphatic carbocycles. The third kappa shape index (κ3) is 5.09. The van der Waals surface area contributed by atoms with Crippen molar-refractivity contribution in [3.63, 3.8) is 0 Å². The fourth-order valence-electron chi connectivity index (χ4n) is 2.80. The first-order valence-electron chi connectivity index (χ1n) is 9.24. The van der Waals surface area contributed by atoms with Crippen molar-refractivity contribution in [3.8, 4) is 11.5 Å². The number of nitrogens with zero attached hydrogens (tertiary/aromatic N) is 1. The molecule has 0 atom stereocenters. The van der Waals surface area contributed by atoms with Gasteiger partial charge in [-0.25, -0.2) is 4.98 Å². The first-order valence-corrected chi connectivity index (χ1v) is 10.0. The molecule has 0 radical (unpaired) electrons. The molecule has 0 fully saturated rings. The zero-order valence-corrected chi connectivity index (χ0v) is 17.4. The third-order valence-corrected chi connectivity index (χ3v) is 4.79. The van der Waals surface area contributed by atoms with Gasteiger partial charge in [-0.1, -0.05) is 37.4 Å². The van der Waals surface area contributed by atoms with E-state index in [1.807, 2.05) is 25.1 Å². The molecule has 5 nitrogen and oxygen atoms in total. The van der Waals surface area contributed by atoms with Crippen molar-refractivity contribution in [1.29, 1.82) is 0 Å². The third-order valence-electron chi connectivity index (χ3n) is 4.26. The lowest BCUT2D eigenvalue weighted by atomic mass is 10.2. The summed E-state index contributed by atoms with van der Waals surface area (Å²) in [5.74, 6) is 0.346. The van der Waals surface area contributed by atoms with Crippen LogP contribution in [-0.2, 0) is 4.79 Å². The standard InChI is InChI=1S/C21H22ClN3O2S/c1-3-4-5-6-19(26)25-21(28)23-14-8-9-16(22)15(12-14)20-24-17-10-7-13(2)11-18(17)27-20/h7-12H,3-6H2,1-2H3,(H2,23,25,26,28). The van der Waals surface area contributed by atoms with Crippen LogP contribution in [0, 0.1) is 6.92 Å². The molecule has 1 aromatic heterocycles. The molecular formula is C21H22ClN3O2S. The Hall–Kier alpha value is -2.44. The minimum Gasteiger partial charge on any atom is -0.436 e. The van der Waals surface area contributed by atoms with Crippen LogP contribution in [0.25, 0.3) is 22.6 Å². The second-order valence-corrected chi connectivity index (χ2v) is 7.46. The lowest BCUT2D eigenvalue weighted by molar-refractivity contribution is -0.119. The van der Waals surface area contributed by atoms with Gasteiger partial charge in [0.2, 0.25) is 11.8 Å². The number of fused-ring (bicyclic) bond motifs is 1. The van der Waals surface area contributed by atoms with E-state index in [-0.39, 0.29) is 11.0 Å². The van der Waals surface area contributed by atoms with Crippen molar-refractivity contribution in [2.75, 3.05) is 5.32 Å². The van der Waals surface area contributed by atoms with Gasteiger partial charge in [-0.3, -0.25) is 4.79 Å². The Balaban J connectivity index is 1.73. The van der Waals surface area contributed by atoms with Crippen LogP contribution in [-0.4, -0.2) is 16.0 Å². The highest BCUT2D eigenvalue weighted by Gasteiger charge is 2.13. The van der Waals surface area contributed by atoms with Crippen LogP contribution in [0.15, 0.2) is 40.8 Å². The summed E-state index contributed by atoms with van der Waals surface area (Å²) in [5, 5.41) is 6.48. The van der Waals surface area contributed by atoms with Gasteiger partial charge in [0.1, 0.15) is 5.52 Å². The number of anilines is 1. The molecule has 0 aliphatic heterocycles. The summed E-state index contributed by atoms with van der Waals surface area (Å²) in [6.45, 7) is 4.09. The Morgan fingerprint density at radius 2 is 2.04 bits per heavy atom. The van der Waals surface area contributed by atoms with E-state index in [0.29, 0.717) is 34.2 Å². The van der Waals surface area contributed by atoms with E-state index in [9.17, 15) is 4.79 Å². The number of rotatable bonds is 6. The number of halogens is 1. The normalized spacial score (nSPS) is 10.8. The maximum absolute atomic E-state index is 11.9. The summed E-state index contributed by atoms with van der Waals surface area (Å²) >= 11 is 11.6. The van der Waals surface area contributed by atoms with E-state index in [0.717, 1.165) is 30.3 Å². The van der Waals surface area contributed by atoms with Gasteiger partial charge in [0, 0.05) is 12.1 Å². The predicted octanol–water partition coefficient (Wildman–Crippen LogP) is 5.85. The molecular weight excluding hydrogens is 394 g/mol. The Bertz CT molecular complexity index is 1020. The molecule has 0 aliphatic rings. The molecule has 1 heterocycles. The molecule has 0 spiro atoms. The van der Waals surface area contributed by atoms with Crippen LogP contribution in [0.5, 0.6) is 0 Å². The summed E-state index contributed by atoms with van der Waals surface area (Å²) < 4.78 is 5.87. The second-order valence-electron chi connectivity index (χ2n) is 6.64. The van der Waals surface area contributed by atoms with Crippen molar-refractivity contribution < 1.29 is 9.21 Å². The van der Waals surface area contributed by atoms with E-state index < -0.39 is 0 Å². The largest absolute Gasteiger partial charge is 0.436 e. The molecule has 28 heavy (non-hydrogen) atoms. The molecule has 3 rings (SSSR count). The number of hydrogen-bond donors (Lipinski definition) is 2. The van der Waals surface area contributed by atoms with Gasteiger partial charge in [0.25, 0.3) is 0 Å². The molecule has 1 amide bonds. The lowest BCUT2D eigenvalue weighted by Crippen LogP contribution is -2.33. The molecule has 0 saturated heterocycles. The maximum Gasteiger partial charge on any atom is 0.228 e. The molecule has 2 aromatic carbocycles. The quantitative estimate of drug-likeness (QED) is 0.390. The SMILES string of the molecule is CCCCCC(=O)NC(=S)Nc1ccc(Cl)c(-c2nc3ccc(C)cc3o2)c1. The monoisotopic (exact) mass is 415 g/mol. The first kappa shape index (κ1) is 20.3. The number of benzene rings is 2. The van der Waals surface area contributed by atoms with Crippen molar-refractivity contribution in [2.45, 2.75) is 39.5 Å². The van der Waals surface area contributed by atoms with E-state index in [1.54, 1.807) is 18.2 Å². The number of unbranched alkanes of at least 4 members (excludes halogenated alkanes) is 2. The van der Waals surface area contributed by atoms with Crippen molar-refractivity contribution in [3.05, 3.63) is 47.0 Å². The smallest absolute Gasteiger partial charge is 0.228 e. The minimum absolute atomic E-state index is 0.0885. The number of hydrogen-bond acceptors (Lipinski definition) is 4. The van der Waals surface area contributed by atoms with Crippen molar-refractivity contribution >= 4 is 51.6 Å². The fraction of sp³-hybridized carbons (Fsp3) is 0.286. The van der Waals surface area contributed by atoms with Gasteiger partial charge in [-0.05, 0) is 61.5 Å². The summed E-state index contributed by atoms with van der Waals surface area (Å²) in [6, 6.07) is 11.2. The van der Waals surface area contributed by atoms with E-state index in [4.69, 9.17) is 28.2 Å². The van der Waals surface area contributed by atoms with E-state index in [2.05, 4.69) is 22.5 Å². The van der Waals surface area contributed by atoms with Crippen LogP contribution < -0.4 is 10.6 Å². The first-order chi connectivity index (χ1) is 13.5. The molecule has 146 valence electrons. The highest BCUT2D eigenvalue weighted by Crippen LogP contribution is 2.32. The lowest BCUT2D eigenvalue weighted by Gasteiger charge is -2.11. The number of thiocarbonyl (C=S) groups is 1.